The van der Waals surface area contributed by atoms with Crippen LogP contribution in [0.25, 0.3) is 0 Å². The number of phenolic OH excluding ortho intramolecular Hbond substituents is 1. The predicted octanol–water partition coefficient (Wildman–Crippen LogP) is 2.29. The average Bonchev–Trinajstić information content (AvgIpc) is 3.11. The van der Waals surface area contributed by atoms with Gasteiger partial charge in [-0.3, -0.25) is 4.79 Å². The van der Waals surface area contributed by atoms with Crippen molar-refractivity contribution in [3.05, 3.63) is 30.1 Å². The number of nitrogens with zero attached hydrogens (tertiary/aromatic N) is 3. The van der Waals surface area contributed by atoms with E-state index in [1.54, 1.807) is 31.4 Å². The van der Waals surface area contributed by atoms with Crippen molar-refractivity contribution in [3.63, 3.8) is 0 Å². The average molecular weight is 362 g/mol. The zero-order valence-electron chi connectivity index (χ0n) is 14.1. The van der Waals surface area contributed by atoms with Crippen LogP contribution >= 0.6 is 11.5 Å². The van der Waals surface area contributed by atoms with E-state index in [2.05, 4.69) is 19.6 Å². The van der Waals surface area contributed by atoms with Crippen LogP contribution in [-0.4, -0.2) is 47.2 Å². The van der Waals surface area contributed by atoms with Gasteiger partial charge in [-0.1, -0.05) is 12.1 Å². The summed E-state index contributed by atoms with van der Waals surface area (Å²) in [5.74, 6) is 0.794. The fourth-order valence-corrected chi connectivity index (χ4v) is 3.58. The zero-order chi connectivity index (χ0) is 17.6. The number of hydrogen-bond donors (Lipinski definition) is 2. The summed E-state index contributed by atoms with van der Waals surface area (Å²) in [7, 11) is 1.66. The molecule has 0 spiro atoms. The van der Waals surface area contributed by atoms with Gasteiger partial charge < -0.3 is 20.1 Å². The molecule has 25 heavy (non-hydrogen) atoms. The summed E-state index contributed by atoms with van der Waals surface area (Å²) in [6, 6.07) is 6.78. The summed E-state index contributed by atoms with van der Waals surface area (Å²) in [5.41, 5.74) is 0.460. The Morgan fingerprint density at radius 2 is 2.16 bits per heavy atom. The van der Waals surface area contributed by atoms with Crippen molar-refractivity contribution in [3.8, 4) is 5.75 Å². The largest absolute Gasteiger partial charge is 0.506 e. The molecule has 3 rings (SSSR count). The number of benzene rings is 1. The van der Waals surface area contributed by atoms with Crippen LogP contribution in [0.2, 0.25) is 0 Å². The summed E-state index contributed by atoms with van der Waals surface area (Å²) >= 11 is 1.40. The van der Waals surface area contributed by atoms with Gasteiger partial charge in [-0.05, 0) is 25.0 Å². The molecule has 0 unspecified atom stereocenters. The highest BCUT2D eigenvalue weighted by atomic mass is 32.1. The molecular formula is C17H22N4O3S. The Balaban J connectivity index is 1.52. The maximum atomic E-state index is 12.4. The molecule has 1 aromatic carbocycles. The third-order valence-corrected chi connectivity index (χ3v) is 5.10. The molecule has 0 aliphatic carbocycles. The highest BCUT2D eigenvalue weighted by Gasteiger charge is 2.27. The predicted molar refractivity (Wildman–Crippen MR) is 97.2 cm³/mol. The van der Waals surface area contributed by atoms with Gasteiger partial charge in [0.1, 0.15) is 11.6 Å². The molecule has 1 amide bonds. The third-order valence-electron chi connectivity index (χ3n) is 4.29. The summed E-state index contributed by atoms with van der Waals surface area (Å²) in [6.45, 7) is 2.17. The maximum absolute atomic E-state index is 12.4. The second kappa shape index (κ2) is 8.26. The first kappa shape index (κ1) is 17.6. The van der Waals surface area contributed by atoms with Gasteiger partial charge in [0, 0.05) is 44.1 Å². The number of hydrogen-bond acceptors (Lipinski definition) is 7. The molecule has 1 aromatic heterocycles. The SMILES string of the molecule is COCCc1nsc(N2CCC(C(=O)Nc3ccccc3O)CC2)n1. The number of methoxy groups -OCH3 is 1. The van der Waals surface area contributed by atoms with Crippen LogP contribution in [0.3, 0.4) is 0 Å². The monoisotopic (exact) mass is 362 g/mol. The summed E-state index contributed by atoms with van der Waals surface area (Å²) < 4.78 is 9.40. The number of rotatable bonds is 6. The zero-order valence-corrected chi connectivity index (χ0v) is 15.0. The number of aromatic nitrogens is 2. The number of phenols is 1. The fourth-order valence-electron chi connectivity index (χ4n) is 2.82. The molecule has 1 aliphatic heterocycles. The molecule has 0 saturated carbocycles. The van der Waals surface area contributed by atoms with Crippen molar-refractivity contribution >= 4 is 28.3 Å². The van der Waals surface area contributed by atoms with E-state index in [9.17, 15) is 9.90 Å². The highest BCUT2D eigenvalue weighted by molar-refractivity contribution is 7.09. The molecule has 1 saturated heterocycles. The topological polar surface area (TPSA) is 87.6 Å². The summed E-state index contributed by atoms with van der Waals surface area (Å²) in [5, 5.41) is 13.5. The van der Waals surface area contributed by atoms with E-state index in [1.165, 1.54) is 11.5 Å². The number of amides is 1. The van der Waals surface area contributed by atoms with E-state index in [0.29, 0.717) is 18.7 Å². The number of nitrogens with one attached hydrogen (secondary N) is 1. The fraction of sp³-hybridized carbons (Fsp3) is 0.471. The van der Waals surface area contributed by atoms with Gasteiger partial charge in [-0.25, -0.2) is 4.98 Å². The molecule has 7 nitrogen and oxygen atoms in total. The molecule has 134 valence electrons. The Bertz CT molecular complexity index is 713. The van der Waals surface area contributed by atoms with Crippen molar-refractivity contribution < 1.29 is 14.6 Å². The molecule has 1 fully saturated rings. The van der Waals surface area contributed by atoms with Gasteiger partial charge in [0.05, 0.1) is 12.3 Å². The van der Waals surface area contributed by atoms with Gasteiger partial charge in [0.2, 0.25) is 11.0 Å². The van der Waals surface area contributed by atoms with Crippen molar-refractivity contribution in [2.45, 2.75) is 19.3 Å². The van der Waals surface area contributed by atoms with Crippen LogP contribution in [0.4, 0.5) is 10.8 Å². The van der Waals surface area contributed by atoms with Gasteiger partial charge in [0.15, 0.2) is 0 Å². The molecule has 2 aromatic rings. The van der Waals surface area contributed by atoms with Gasteiger partial charge in [0.25, 0.3) is 0 Å². The standard InChI is InChI=1S/C17H22N4O3S/c1-24-11-8-15-19-17(25-20-15)21-9-6-12(7-10-21)16(23)18-13-4-2-3-5-14(13)22/h2-5,12,22H,6-11H2,1H3,(H,18,23). The lowest BCUT2D eigenvalue weighted by molar-refractivity contribution is -0.120. The Kier molecular flexibility index (Phi) is 5.83. The molecule has 2 N–H and O–H groups in total. The Labute approximate surface area is 150 Å². The van der Waals surface area contributed by atoms with Crippen molar-refractivity contribution in [1.29, 1.82) is 0 Å². The molecule has 0 atom stereocenters. The number of ether oxygens (including phenoxy) is 1. The number of piperidine rings is 1. The second-order valence-electron chi connectivity index (χ2n) is 6.00. The normalized spacial score (nSPS) is 15.3. The van der Waals surface area contributed by atoms with E-state index in [-0.39, 0.29) is 17.6 Å². The first-order valence-corrected chi connectivity index (χ1v) is 9.10. The lowest BCUT2D eigenvalue weighted by Crippen LogP contribution is -2.38. The highest BCUT2D eigenvalue weighted by Crippen LogP contribution is 2.27. The minimum absolute atomic E-state index is 0.0424. The smallest absolute Gasteiger partial charge is 0.227 e. The Hall–Kier alpha value is -2.19. The first-order valence-electron chi connectivity index (χ1n) is 8.32. The molecule has 0 radical (unpaired) electrons. The van der Waals surface area contributed by atoms with Crippen LogP contribution < -0.4 is 10.2 Å². The van der Waals surface area contributed by atoms with Crippen molar-refractivity contribution in [2.24, 2.45) is 5.92 Å². The van der Waals surface area contributed by atoms with Crippen LogP contribution in [-0.2, 0) is 16.0 Å². The second-order valence-corrected chi connectivity index (χ2v) is 6.73. The number of anilines is 2. The molecule has 2 heterocycles. The van der Waals surface area contributed by atoms with Gasteiger partial charge >= 0.3 is 0 Å². The quantitative estimate of drug-likeness (QED) is 0.767. The first-order chi connectivity index (χ1) is 12.2. The lowest BCUT2D eigenvalue weighted by atomic mass is 9.96. The van der Waals surface area contributed by atoms with E-state index in [0.717, 1.165) is 36.9 Å². The van der Waals surface area contributed by atoms with Crippen molar-refractivity contribution in [1.82, 2.24) is 9.36 Å². The van der Waals surface area contributed by atoms with Crippen LogP contribution in [0.1, 0.15) is 18.7 Å². The van der Waals surface area contributed by atoms with E-state index >= 15 is 0 Å². The molecular weight excluding hydrogens is 340 g/mol. The van der Waals surface area contributed by atoms with Crippen molar-refractivity contribution in [2.75, 3.05) is 37.0 Å². The van der Waals surface area contributed by atoms with E-state index in [1.807, 2.05) is 0 Å². The maximum Gasteiger partial charge on any atom is 0.227 e. The minimum Gasteiger partial charge on any atom is -0.506 e. The van der Waals surface area contributed by atoms with Crippen LogP contribution in [0.15, 0.2) is 24.3 Å². The van der Waals surface area contributed by atoms with Gasteiger partial charge in [-0.15, -0.1) is 0 Å². The lowest BCUT2D eigenvalue weighted by Gasteiger charge is -2.30. The number of aromatic hydroxyl groups is 1. The number of carbonyl (C=O) groups excluding carboxylic acids is 1. The number of para-hydroxylation sites is 2. The van der Waals surface area contributed by atoms with Crippen LogP contribution in [0.5, 0.6) is 5.75 Å². The minimum atomic E-state index is -0.0586. The summed E-state index contributed by atoms with van der Waals surface area (Å²) in [6.07, 6.45) is 2.23. The molecule has 1 aliphatic rings. The Morgan fingerprint density at radius 3 is 2.88 bits per heavy atom. The Morgan fingerprint density at radius 1 is 1.40 bits per heavy atom. The van der Waals surface area contributed by atoms with E-state index < -0.39 is 0 Å². The third kappa shape index (κ3) is 4.46. The molecule has 0 bridgehead atoms. The number of carbonyl (C=O) groups is 1. The van der Waals surface area contributed by atoms with Crippen LogP contribution in [0, 0.1) is 5.92 Å². The summed E-state index contributed by atoms with van der Waals surface area (Å²) in [4.78, 5) is 19.1. The van der Waals surface area contributed by atoms with Gasteiger partial charge in [-0.2, -0.15) is 4.37 Å². The van der Waals surface area contributed by atoms with E-state index in [4.69, 9.17) is 4.74 Å². The molecule has 8 heteroatoms.